The van der Waals surface area contributed by atoms with E-state index in [4.69, 9.17) is 0 Å². The first kappa shape index (κ1) is 7.51. The molecule has 1 atom stereocenters. The molecule has 0 saturated carbocycles. The molecule has 0 radical (unpaired) electrons. The molecule has 0 aliphatic heterocycles. The van der Waals surface area contributed by atoms with Crippen LogP contribution < -0.4 is 0 Å². The van der Waals surface area contributed by atoms with Crippen molar-refractivity contribution in [2.45, 2.75) is 19.5 Å². The van der Waals surface area contributed by atoms with Crippen molar-refractivity contribution in [1.82, 2.24) is 0 Å². The van der Waals surface area contributed by atoms with E-state index in [1.165, 1.54) is 6.08 Å². The van der Waals surface area contributed by atoms with Crippen molar-refractivity contribution >= 4 is 7.85 Å². The fraction of sp³-hybridized carbons (Fsp3) is 0.429. The van der Waals surface area contributed by atoms with E-state index >= 15 is 0 Å². The van der Waals surface area contributed by atoms with Crippen LogP contribution in [0.3, 0.4) is 0 Å². The molecule has 54 valence electrons. The second kappa shape index (κ2) is 2.56. The normalized spacial score (nSPS) is 26.7. The summed E-state index contributed by atoms with van der Waals surface area (Å²) in [5.41, 5.74) is 1.79. The summed E-state index contributed by atoms with van der Waals surface area (Å²) in [6.07, 6.45) is 0.0844. The molecule has 0 nitrogen and oxygen atoms in total. The third-order valence-corrected chi connectivity index (χ3v) is 1.81. The molecule has 0 amide bonds. The Morgan fingerprint density at radius 2 is 2.30 bits per heavy atom. The fourth-order valence-corrected chi connectivity index (χ4v) is 0.948. The molecule has 0 N–H and O–H groups in total. The average molecular weight is 142 g/mol. The van der Waals surface area contributed by atoms with E-state index in [0.29, 0.717) is 0 Å². The zero-order valence-corrected chi connectivity index (χ0v) is 6.12. The second-order valence-corrected chi connectivity index (χ2v) is 2.66. The van der Waals surface area contributed by atoms with Gasteiger partial charge in [0.15, 0.2) is 6.17 Å². The summed E-state index contributed by atoms with van der Waals surface area (Å²) in [6.45, 7) is 1.82. The quantitative estimate of drug-likeness (QED) is 0.449. The van der Waals surface area contributed by atoms with Crippen LogP contribution in [0.25, 0.3) is 0 Å². The van der Waals surface area contributed by atoms with Gasteiger partial charge in [-0.25, -0.2) is 8.78 Å². The van der Waals surface area contributed by atoms with E-state index in [1.54, 1.807) is 7.85 Å². The van der Waals surface area contributed by atoms with E-state index in [0.717, 1.165) is 11.0 Å². The maximum absolute atomic E-state index is 12.5. The van der Waals surface area contributed by atoms with Crippen molar-refractivity contribution in [1.29, 1.82) is 0 Å². The Labute approximate surface area is 60.0 Å². The van der Waals surface area contributed by atoms with Gasteiger partial charge >= 0.3 is 0 Å². The molecule has 10 heavy (non-hydrogen) atoms. The number of halogens is 2. The zero-order valence-electron chi connectivity index (χ0n) is 6.12. The highest BCUT2D eigenvalue weighted by Gasteiger charge is 2.18. The fourth-order valence-electron chi connectivity index (χ4n) is 0.948. The molecule has 0 bridgehead atoms. The van der Waals surface area contributed by atoms with Gasteiger partial charge in [0.05, 0.1) is 0 Å². The molecule has 0 spiro atoms. The van der Waals surface area contributed by atoms with Gasteiger partial charge in [-0.1, -0.05) is 11.0 Å². The Balaban J connectivity index is 2.88. The number of allylic oxidation sites excluding steroid dienone is 4. The lowest BCUT2D eigenvalue weighted by Crippen LogP contribution is -2.08. The van der Waals surface area contributed by atoms with Crippen molar-refractivity contribution in [3.8, 4) is 0 Å². The zero-order chi connectivity index (χ0) is 7.72. The van der Waals surface area contributed by atoms with Gasteiger partial charge in [-0.15, -0.1) is 0 Å². The predicted molar refractivity (Wildman–Crippen MR) is 39.9 cm³/mol. The minimum atomic E-state index is -1.40. The number of hydrogen-bond acceptors (Lipinski definition) is 0. The van der Waals surface area contributed by atoms with Gasteiger partial charge in [-0.3, -0.25) is 0 Å². The molecule has 0 aromatic heterocycles. The molecule has 0 heterocycles. The first-order chi connectivity index (χ1) is 4.61. The third kappa shape index (κ3) is 1.28. The summed E-state index contributed by atoms with van der Waals surface area (Å²) < 4.78 is 25.0. The van der Waals surface area contributed by atoms with Crippen molar-refractivity contribution in [3.63, 3.8) is 0 Å². The van der Waals surface area contributed by atoms with Gasteiger partial charge in [-0.05, 0) is 13.0 Å². The van der Waals surface area contributed by atoms with E-state index in [9.17, 15) is 8.78 Å². The van der Waals surface area contributed by atoms with E-state index in [2.05, 4.69) is 0 Å². The lowest BCUT2D eigenvalue weighted by molar-refractivity contribution is 0.320. The molecule has 0 fully saturated rings. The standard InChI is InChI=1S/C7H9BF2/c1-4-2-6(9)7(10)3-5(4)8/h3,6H,2,8H2,1H3. The highest BCUT2D eigenvalue weighted by molar-refractivity contribution is 6.24. The van der Waals surface area contributed by atoms with Crippen LogP contribution in [0.15, 0.2) is 22.9 Å². The average Bonchev–Trinajstić information content (AvgIpc) is 1.84. The Morgan fingerprint density at radius 3 is 2.80 bits per heavy atom. The Morgan fingerprint density at radius 1 is 1.70 bits per heavy atom. The molecule has 1 aliphatic carbocycles. The summed E-state index contributed by atoms with van der Waals surface area (Å²) in [7, 11) is 1.79. The van der Waals surface area contributed by atoms with Crippen LogP contribution in [-0.4, -0.2) is 14.0 Å². The lowest BCUT2D eigenvalue weighted by atomic mass is 9.84. The van der Waals surface area contributed by atoms with Crippen LogP contribution in [0, 0.1) is 0 Å². The van der Waals surface area contributed by atoms with Crippen LogP contribution >= 0.6 is 0 Å². The van der Waals surface area contributed by atoms with Gasteiger partial charge in [0.2, 0.25) is 0 Å². The summed E-state index contributed by atoms with van der Waals surface area (Å²) in [5, 5.41) is 0. The highest BCUT2D eigenvalue weighted by Crippen LogP contribution is 2.25. The highest BCUT2D eigenvalue weighted by atomic mass is 19.2. The molecule has 1 unspecified atom stereocenters. The summed E-state index contributed by atoms with van der Waals surface area (Å²) in [4.78, 5) is 0. The van der Waals surface area contributed by atoms with Crippen LogP contribution in [0.2, 0.25) is 0 Å². The summed E-state index contributed by atoms with van der Waals surface area (Å²) >= 11 is 0. The van der Waals surface area contributed by atoms with Crippen molar-refractivity contribution in [2.24, 2.45) is 0 Å². The van der Waals surface area contributed by atoms with Crippen LogP contribution in [0.5, 0.6) is 0 Å². The third-order valence-electron chi connectivity index (χ3n) is 1.81. The second-order valence-electron chi connectivity index (χ2n) is 2.66. The number of hydrogen-bond donors (Lipinski definition) is 0. The van der Waals surface area contributed by atoms with Gasteiger partial charge in [-0.2, -0.15) is 0 Å². The van der Waals surface area contributed by atoms with E-state index in [-0.39, 0.29) is 6.42 Å². The smallest absolute Gasteiger partial charge is 0.155 e. The van der Waals surface area contributed by atoms with Crippen LogP contribution in [0.4, 0.5) is 8.78 Å². The first-order valence-electron chi connectivity index (χ1n) is 3.29. The van der Waals surface area contributed by atoms with Crippen molar-refractivity contribution < 1.29 is 8.78 Å². The summed E-state index contributed by atoms with van der Waals surface area (Å²) in [6, 6.07) is 0. The molecule has 3 heteroatoms. The van der Waals surface area contributed by atoms with E-state index in [1.807, 2.05) is 6.92 Å². The lowest BCUT2D eigenvalue weighted by Gasteiger charge is -2.13. The molecule has 1 aliphatic rings. The van der Waals surface area contributed by atoms with E-state index < -0.39 is 12.0 Å². The van der Waals surface area contributed by atoms with Crippen LogP contribution in [0.1, 0.15) is 13.3 Å². The first-order valence-corrected chi connectivity index (χ1v) is 3.29. The molecule has 0 aromatic carbocycles. The van der Waals surface area contributed by atoms with Gasteiger partial charge in [0.1, 0.15) is 13.7 Å². The molecular formula is C7H9BF2. The molecule has 1 rings (SSSR count). The molecular weight excluding hydrogens is 133 g/mol. The summed E-state index contributed by atoms with van der Waals surface area (Å²) in [5.74, 6) is -0.636. The monoisotopic (exact) mass is 142 g/mol. The van der Waals surface area contributed by atoms with Crippen LogP contribution in [-0.2, 0) is 0 Å². The largest absolute Gasteiger partial charge is 0.239 e. The minimum absolute atomic E-state index is 0.216. The minimum Gasteiger partial charge on any atom is -0.239 e. The van der Waals surface area contributed by atoms with Gasteiger partial charge in [0, 0.05) is 6.42 Å². The Kier molecular flexibility index (Phi) is 1.93. The number of alkyl halides is 1. The SMILES string of the molecule is BC1=C(C)CC(F)C(F)=C1. The molecule has 0 saturated heterocycles. The van der Waals surface area contributed by atoms with Gasteiger partial charge < -0.3 is 0 Å². The topological polar surface area (TPSA) is 0 Å². The van der Waals surface area contributed by atoms with Crippen molar-refractivity contribution in [3.05, 3.63) is 22.9 Å². The van der Waals surface area contributed by atoms with Gasteiger partial charge in [0.25, 0.3) is 0 Å². The Hall–Kier alpha value is -0.595. The Bertz CT molecular complexity index is 206. The number of rotatable bonds is 0. The maximum atomic E-state index is 12.5. The maximum Gasteiger partial charge on any atom is 0.155 e. The predicted octanol–water partition coefficient (Wildman–Crippen LogP) is 1.49. The van der Waals surface area contributed by atoms with Crippen molar-refractivity contribution in [2.75, 3.05) is 0 Å². The molecule has 0 aromatic rings.